The Bertz CT molecular complexity index is 390. The van der Waals surface area contributed by atoms with Crippen molar-refractivity contribution in [3.63, 3.8) is 0 Å². The van der Waals surface area contributed by atoms with Gasteiger partial charge < -0.3 is 0 Å². The first-order valence-corrected chi connectivity index (χ1v) is 6.76. The van der Waals surface area contributed by atoms with Gasteiger partial charge in [0.05, 0.1) is 0 Å². The molecule has 0 radical (unpaired) electrons. The van der Waals surface area contributed by atoms with Gasteiger partial charge in [0.2, 0.25) is 0 Å². The van der Waals surface area contributed by atoms with Crippen molar-refractivity contribution in [3.8, 4) is 0 Å². The summed E-state index contributed by atoms with van der Waals surface area (Å²) >= 11 is 3.92. The molecule has 6 bridgehead atoms. The number of hydrogen-bond acceptors (Lipinski definition) is 1. The minimum Gasteiger partial charge on any atom is -0.299 e. The summed E-state index contributed by atoms with van der Waals surface area (Å²) in [5.41, 5.74) is 0.370. The van der Waals surface area contributed by atoms with Gasteiger partial charge in [0.15, 0.2) is 0 Å². The summed E-state index contributed by atoms with van der Waals surface area (Å²) < 4.78 is 0. The van der Waals surface area contributed by atoms with Crippen molar-refractivity contribution in [2.24, 2.45) is 46.8 Å². The molecule has 0 unspecified atom stereocenters. The van der Waals surface area contributed by atoms with Gasteiger partial charge >= 0.3 is 0 Å². The summed E-state index contributed by atoms with van der Waals surface area (Å²) in [6.45, 7) is 2.40. The van der Waals surface area contributed by atoms with Gasteiger partial charge in [0.25, 0.3) is 0 Å². The number of alkyl halides is 1. The molecule has 0 aromatic heterocycles. The van der Waals surface area contributed by atoms with Crippen molar-refractivity contribution in [2.75, 3.05) is 0 Å². The van der Waals surface area contributed by atoms with Gasteiger partial charge in [-0.25, -0.2) is 0 Å². The van der Waals surface area contributed by atoms with Crippen LogP contribution in [-0.4, -0.2) is 10.6 Å². The highest BCUT2D eigenvalue weighted by molar-refractivity contribution is 9.09. The van der Waals surface area contributed by atoms with E-state index in [0.29, 0.717) is 27.9 Å². The molecule has 0 N–H and O–H groups in total. The van der Waals surface area contributed by atoms with Crippen LogP contribution < -0.4 is 0 Å². The van der Waals surface area contributed by atoms with Crippen molar-refractivity contribution in [3.05, 3.63) is 0 Å². The Kier molecular flexibility index (Phi) is 0.883. The number of ketones is 1. The summed E-state index contributed by atoms with van der Waals surface area (Å²) in [6.07, 6.45) is 1.39. The molecule has 74 valence electrons. The van der Waals surface area contributed by atoms with Crippen LogP contribution in [0.3, 0.4) is 0 Å². The maximum Gasteiger partial charge on any atom is 0.140 e. The van der Waals surface area contributed by atoms with Gasteiger partial charge in [-0.1, -0.05) is 22.9 Å². The van der Waals surface area contributed by atoms with Gasteiger partial charge in [-0.05, 0) is 41.4 Å². The van der Waals surface area contributed by atoms with E-state index in [4.69, 9.17) is 0 Å². The van der Waals surface area contributed by atoms with Crippen LogP contribution in [0.4, 0.5) is 0 Å². The molecule has 14 heavy (non-hydrogen) atoms. The van der Waals surface area contributed by atoms with Crippen LogP contribution in [0.5, 0.6) is 0 Å². The molecule has 1 nitrogen and oxygen atoms in total. The van der Waals surface area contributed by atoms with E-state index in [2.05, 4.69) is 22.9 Å². The Morgan fingerprint density at radius 3 is 2.86 bits per heavy atom. The molecule has 0 aromatic rings. The first kappa shape index (κ1) is 7.43. The molecular weight excluding hydrogens is 240 g/mol. The first-order valence-electron chi connectivity index (χ1n) is 5.85. The number of Topliss-reactive ketones (excluding diaryl/α,β-unsaturated/α-hetero) is 1. The third-order valence-electron chi connectivity index (χ3n) is 6.63. The Hall–Kier alpha value is 0.150. The zero-order valence-electron chi connectivity index (χ0n) is 8.11. The average Bonchev–Trinajstić information content (AvgIpc) is 2.81. The largest absolute Gasteiger partial charge is 0.299 e. The van der Waals surface area contributed by atoms with Crippen LogP contribution in [-0.2, 0) is 4.79 Å². The van der Waals surface area contributed by atoms with Gasteiger partial charge in [0, 0.05) is 16.7 Å². The predicted molar refractivity (Wildman–Crippen MR) is 54.9 cm³/mol. The van der Waals surface area contributed by atoms with Gasteiger partial charge in [0.1, 0.15) is 5.78 Å². The normalized spacial score (nSPS) is 80.3. The van der Waals surface area contributed by atoms with Gasteiger partial charge in [-0.2, -0.15) is 0 Å². The second-order valence-electron chi connectivity index (χ2n) is 6.42. The van der Waals surface area contributed by atoms with Crippen LogP contribution in [0.25, 0.3) is 0 Å². The van der Waals surface area contributed by atoms with E-state index in [9.17, 15) is 4.79 Å². The zero-order valence-corrected chi connectivity index (χ0v) is 9.70. The second kappa shape index (κ2) is 1.66. The third-order valence-corrected chi connectivity index (χ3v) is 8.22. The average molecular weight is 253 g/mol. The first-order chi connectivity index (χ1) is 6.67. The lowest BCUT2D eigenvalue weighted by molar-refractivity contribution is -0.122. The highest BCUT2D eigenvalue weighted by Crippen LogP contribution is 2.86. The number of halogens is 1. The van der Waals surface area contributed by atoms with E-state index in [1.165, 1.54) is 6.42 Å². The SMILES string of the molecule is C[C@]12[C@H]3[C@@H]4C[C@H]5[C@H]3C(=O)[C@H]1[C@H]5[C@H]4[C@H]2Br. The van der Waals surface area contributed by atoms with Crippen LogP contribution in [0.1, 0.15) is 13.3 Å². The summed E-state index contributed by atoms with van der Waals surface area (Å²) in [7, 11) is 0. The molecule has 6 rings (SSSR count). The molecule has 0 heterocycles. The highest BCUT2D eigenvalue weighted by atomic mass is 79.9. The summed E-state index contributed by atoms with van der Waals surface area (Å²) in [4.78, 5) is 12.9. The lowest BCUT2D eigenvalue weighted by Crippen LogP contribution is -2.37. The predicted octanol–water partition coefficient (Wildman–Crippen LogP) is 2.10. The quantitative estimate of drug-likeness (QED) is 0.604. The lowest BCUT2D eigenvalue weighted by atomic mass is 9.64. The van der Waals surface area contributed by atoms with E-state index in [1.54, 1.807) is 0 Å². The summed E-state index contributed by atoms with van der Waals surface area (Å²) in [6, 6.07) is 0. The van der Waals surface area contributed by atoms with Crippen LogP contribution >= 0.6 is 15.9 Å². The van der Waals surface area contributed by atoms with Crippen LogP contribution in [0, 0.1) is 46.8 Å². The van der Waals surface area contributed by atoms with Gasteiger partial charge in [-0.15, -0.1) is 0 Å². The van der Waals surface area contributed by atoms with Crippen molar-refractivity contribution in [2.45, 2.75) is 18.2 Å². The fourth-order valence-electron chi connectivity index (χ4n) is 6.72. The van der Waals surface area contributed by atoms with Crippen molar-refractivity contribution in [1.82, 2.24) is 0 Å². The Balaban J connectivity index is 1.92. The fourth-order valence-corrected chi connectivity index (χ4v) is 8.05. The van der Waals surface area contributed by atoms with Gasteiger partial charge in [-0.3, -0.25) is 4.79 Å². The zero-order chi connectivity index (χ0) is 9.40. The number of carbonyl (C=O) groups is 1. The van der Waals surface area contributed by atoms with Crippen LogP contribution in [0.15, 0.2) is 0 Å². The van der Waals surface area contributed by atoms with Crippen molar-refractivity contribution >= 4 is 21.7 Å². The molecule has 0 aliphatic heterocycles. The number of hydrogen-bond donors (Lipinski definition) is 0. The molecule has 0 spiro atoms. The molecule has 6 fully saturated rings. The molecule has 0 saturated heterocycles. The minimum atomic E-state index is 0.370. The van der Waals surface area contributed by atoms with Crippen LogP contribution in [0.2, 0.25) is 0 Å². The lowest BCUT2D eigenvalue weighted by Gasteiger charge is -2.38. The molecular formula is C12H13BrO. The molecule has 6 saturated carbocycles. The Morgan fingerprint density at radius 1 is 1.36 bits per heavy atom. The maximum atomic E-state index is 12.2. The second-order valence-corrected chi connectivity index (χ2v) is 7.40. The molecule has 2 heteroatoms. The van der Waals surface area contributed by atoms with Crippen molar-refractivity contribution in [1.29, 1.82) is 0 Å². The fraction of sp³-hybridized carbons (Fsp3) is 0.917. The molecule has 9 atom stereocenters. The topological polar surface area (TPSA) is 17.1 Å². The van der Waals surface area contributed by atoms with Crippen molar-refractivity contribution < 1.29 is 4.79 Å². The number of carbonyl (C=O) groups excluding carboxylic acids is 1. The standard InChI is InChI=1S/C12H13BrO/c1-12-8-4-2-3-5(6(4)11(12)13)9(12)10(14)7(3)8/h3-9,11H,2H2,1H3/t3-,4-,5-,6+,7-,8+,9-,11-,12+/m1/s1. The van der Waals surface area contributed by atoms with E-state index in [0.717, 1.165) is 29.6 Å². The minimum absolute atomic E-state index is 0.370. The highest BCUT2D eigenvalue weighted by Gasteiger charge is 2.87. The van der Waals surface area contributed by atoms with E-state index >= 15 is 0 Å². The Labute approximate surface area is 91.8 Å². The monoisotopic (exact) mass is 252 g/mol. The van der Waals surface area contributed by atoms with E-state index in [1.807, 2.05) is 0 Å². The summed E-state index contributed by atoms with van der Waals surface area (Å²) in [5.74, 6) is 5.85. The van der Waals surface area contributed by atoms with E-state index < -0.39 is 0 Å². The Morgan fingerprint density at radius 2 is 2.14 bits per heavy atom. The summed E-state index contributed by atoms with van der Waals surface area (Å²) in [5, 5.41) is 0. The maximum absolute atomic E-state index is 12.2. The molecule has 0 amide bonds. The number of rotatable bonds is 0. The molecule has 0 aromatic carbocycles. The molecule has 6 aliphatic carbocycles. The van der Waals surface area contributed by atoms with E-state index in [-0.39, 0.29) is 0 Å². The smallest absolute Gasteiger partial charge is 0.140 e. The molecule has 6 aliphatic rings. The third kappa shape index (κ3) is 0.391.